The predicted molar refractivity (Wildman–Crippen MR) is 120 cm³/mol. The van der Waals surface area contributed by atoms with Crippen LogP contribution in [0.5, 0.6) is 0 Å². The van der Waals surface area contributed by atoms with Crippen LogP contribution >= 0.6 is 0 Å². The Bertz CT molecular complexity index is 338. The van der Waals surface area contributed by atoms with Gasteiger partial charge in [-0.25, -0.2) is 0 Å². The number of benzene rings is 2. The maximum Gasteiger partial charge on any atom is 0 e. The fraction of sp³-hybridized carbons (Fsp3) is 0.480. The molecule has 0 aliphatic heterocycles. The molecule has 0 amide bonds. The van der Waals surface area contributed by atoms with Crippen LogP contribution in [0.25, 0.3) is 0 Å². The van der Waals surface area contributed by atoms with E-state index in [1.165, 1.54) is 24.3 Å². The molecule has 0 heterocycles. The largest absolute Gasteiger partial charge is 0.323 e. The van der Waals surface area contributed by atoms with Gasteiger partial charge < -0.3 is 5.92 Å². The first kappa shape index (κ1) is 36.5. The van der Waals surface area contributed by atoms with Crippen LogP contribution in [0.4, 0.5) is 0 Å². The number of hydrogen-bond donors (Lipinski definition) is 0. The number of aryl methyl sites for hydroxylation is 1. The molecule has 0 aromatic heterocycles. The molecule has 0 saturated carbocycles. The van der Waals surface area contributed by atoms with Gasteiger partial charge in [-0.1, -0.05) is 97.7 Å². The van der Waals surface area contributed by atoms with Gasteiger partial charge >= 0.3 is 0 Å². The van der Waals surface area contributed by atoms with Gasteiger partial charge in [0.05, 0.1) is 0 Å². The Labute approximate surface area is 192 Å². The molecule has 0 fully saturated rings. The molecule has 0 unspecified atom stereocenters. The van der Waals surface area contributed by atoms with Crippen molar-refractivity contribution in [3.05, 3.63) is 78.2 Å². The third-order valence-corrected chi connectivity index (χ3v) is 1.98. The van der Waals surface area contributed by atoms with Gasteiger partial charge in [0.25, 0.3) is 0 Å². The monoisotopic (exact) mass is 433 g/mol. The molecule has 0 saturated heterocycles. The molecule has 0 N–H and O–H groups in total. The van der Waals surface area contributed by atoms with Crippen LogP contribution in [-0.4, -0.2) is 0 Å². The minimum atomic E-state index is 0. The van der Waals surface area contributed by atoms with Crippen molar-refractivity contribution in [1.29, 1.82) is 0 Å². The second-order valence-electron chi connectivity index (χ2n) is 4.82. The molecule has 2 aromatic rings. The SMILES string of the molecule is CC.CC.CC.CCCc1c[c-]ccc1.C[C-](C)C.[Y].c1ccccc1. The molecule has 0 aliphatic carbocycles. The predicted octanol–water partition coefficient (Wildman–Crippen LogP) is 8.82. The van der Waals surface area contributed by atoms with E-state index >= 15 is 0 Å². The Morgan fingerprint density at radius 2 is 1.08 bits per heavy atom. The smallest absolute Gasteiger partial charge is 0 e. The van der Waals surface area contributed by atoms with Crippen molar-refractivity contribution in [3.63, 3.8) is 0 Å². The summed E-state index contributed by atoms with van der Waals surface area (Å²) in [6.07, 6.45) is 2.40. The molecular weight excluding hydrogens is 389 g/mol. The van der Waals surface area contributed by atoms with Gasteiger partial charge in [0.15, 0.2) is 0 Å². The van der Waals surface area contributed by atoms with Crippen LogP contribution in [0.2, 0.25) is 0 Å². The molecule has 1 radical (unpaired) electrons. The first-order chi connectivity index (χ1) is 12.2. The van der Waals surface area contributed by atoms with E-state index in [9.17, 15) is 0 Å². The molecule has 0 spiro atoms. The van der Waals surface area contributed by atoms with E-state index in [2.05, 4.69) is 39.8 Å². The summed E-state index contributed by atoms with van der Waals surface area (Å²) in [5.41, 5.74) is 1.39. The summed E-state index contributed by atoms with van der Waals surface area (Å²) < 4.78 is 0. The van der Waals surface area contributed by atoms with Crippen molar-refractivity contribution in [2.45, 2.75) is 82.1 Å². The van der Waals surface area contributed by atoms with Crippen molar-refractivity contribution in [2.75, 3.05) is 0 Å². The Morgan fingerprint density at radius 3 is 1.31 bits per heavy atom. The summed E-state index contributed by atoms with van der Waals surface area (Å²) >= 11 is 0. The van der Waals surface area contributed by atoms with Crippen LogP contribution in [0.15, 0.2) is 60.7 Å². The number of hydrogen-bond acceptors (Lipinski definition) is 0. The fourth-order valence-electron chi connectivity index (χ4n) is 1.26. The normalized spacial score (nSPS) is 7.19. The van der Waals surface area contributed by atoms with Gasteiger partial charge in [-0.3, -0.25) is 0 Å². The average Bonchev–Trinajstić information content (AvgIpc) is 2.69. The fourth-order valence-corrected chi connectivity index (χ4v) is 1.26. The van der Waals surface area contributed by atoms with E-state index < -0.39 is 0 Å². The summed E-state index contributed by atoms with van der Waals surface area (Å²) in [5.74, 6) is 1.42. The molecule has 26 heavy (non-hydrogen) atoms. The van der Waals surface area contributed by atoms with Gasteiger partial charge in [0, 0.05) is 32.7 Å². The van der Waals surface area contributed by atoms with E-state index in [0.717, 1.165) is 0 Å². The Kier molecular flexibility index (Phi) is 55.5. The average molecular weight is 434 g/mol. The summed E-state index contributed by atoms with van der Waals surface area (Å²) in [6.45, 7) is 20.4. The maximum absolute atomic E-state index is 3.05. The first-order valence-electron chi connectivity index (χ1n) is 9.88. The van der Waals surface area contributed by atoms with Crippen LogP contribution < -0.4 is 0 Å². The van der Waals surface area contributed by atoms with Gasteiger partial charge in [-0.2, -0.15) is 56.7 Å². The zero-order valence-corrected chi connectivity index (χ0v) is 22.1. The topological polar surface area (TPSA) is 0 Å². The second kappa shape index (κ2) is 39.6. The van der Waals surface area contributed by atoms with Gasteiger partial charge in [-0.15, -0.1) is 0 Å². The molecule has 2 aromatic carbocycles. The Morgan fingerprint density at radius 1 is 0.731 bits per heavy atom. The van der Waals surface area contributed by atoms with E-state index in [-0.39, 0.29) is 32.7 Å². The summed E-state index contributed by atoms with van der Waals surface area (Å²) in [5, 5.41) is 0. The molecule has 2 rings (SSSR count). The molecular formula is C25H44Y-2. The van der Waals surface area contributed by atoms with E-state index in [4.69, 9.17) is 0 Å². The zero-order valence-electron chi connectivity index (χ0n) is 19.3. The van der Waals surface area contributed by atoms with E-state index in [1.807, 2.05) is 96.1 Å². The van der Waals surface area contributed by atoms with Crippen molar-refractivity contribution >= 4 is 0 Å². The van der Waals surface area contributed by atoms with Gasteiger partial charge in [-0.05, 0) is 0 Å². The number of rotatable bonds is 2. The minimum Gasteiger partial charge on any atom is -0.323 e. The van der Waals surface area contributed by atoms with Crippen molar-refractivity contribution < 1.29 is 32.7 Å². The molecule has 0 atom stereocenters. The van der Waals surface area contributed by atoms with Crippen molar-refractivity contribution in [3.8, 4) is 0 Å². The van der Waals surface area contributed by atoms with E-state index in [0.29, 0.717) is 0 Å². The zero-order chi connectivity index (χ0) is 20.3. The molecule has 1 heteroatoms. The van der Waals surface area contributed by atoms with Crippen molar-refractivity contribution in [1.82, 2.24) is 0 Å². The van der Waals surface area contributed by atoms with Crippen LogP contribution in [-0.2, 0) is 39.1 Å². The third kappa shape index (κ3) is 43.7. The van der Waals surface area contributed by atoms with E-state index in [1.54, 1.807) is 0 Å². The quantitative estimate of drug-likeness (QED) is 0.415. The first-order valence-corrected chi connectivity index (χ1v) is 9.88. The molecule has 0 bridgehead atoms. The summed E-state index contributed by atoms with van der Waals surface area (Å²) in [4.78, 5) is 0. The second-order valence-corrected chi connectivity index (χ2v) is 4.82. The van der Waals surface area contributed by atoms with Crippen LogP contribution in [0.3, 0.4) is 0 Å². The molecule has 0 aliphatic rings. The van der Waals surface area contributed by atoms with Crippen LogP contribution in [0, 0.1) is 12.0 Å². The molecule has 0 nitrogen and oxygen atoms in total. The van der Waals surface area contributed by atoms with Crippen LogP contribution in [0.1, 0.15) is 81.2 Å². The standard InChI is InChI=1S/C9H11.C6H6.C4H9.3C2H6.Y/c1-2-6-9-7-4-3-5-8-9;1-2-4-6-5-3-1;1-4(2)3;3*1-2;/h3-4,7-8H,2,6H2,1H3;1-6H;1-3H3;3*1-2H3;/q-1;;-1;;;;. The van der Waals surface area contributed by atoms with Crippen molar-refractivity contribution in [2.24, 2.45) is 0 Å². The Balaban J connectivity index is -0.0000000764. The maximum atomic E-state index is 3.05. The third-order valence-electron chi connectivity index (χ3n) is 1.98. The Hall–Kier alpha value is -0.456. The summed E-state index contributed by atoms with van der Waals surface area (Å²) in [7, 11) is 0. The van der Waals surface area contributed by atoms with Gasteiger partial charge in [0.2, 0.25) is 0 Å². The van der Waals surface area contributed by atoms with Gasteiger partial charge in [0.1, 0.15) is 0 Å². The molecule has 149 valence electrons. The summed E-state index contributed by atoms with van der Waals surface area (Å²) in [6, 6.07) is 23.2. The minimum absolute atomic E-state index is 0.